The molecule has 2 aromatic carbocycles. The lowest BCUT2D eigenvalue weighted by Gasteiger charge is -2.49. The summed E-state index contributed by atoms with van der Waals surface area (Å²) >= 11 is 0. The van der Waals surface area contributed by atoms with Crippen molar-refractivity contribution >= 4 is 11.9 Å². The number of benzene rings is 2. The molecule has 0 radical (unpaired) electrons. The quantitative estimate of drug-likeness (QED) is 0.331. The average Bonchev–Trinajstić information content (AvgIpc) is 2.87. The zero-order valence-corrected chi connectivity index (χ0v) is 24.9. The van der Waals surface area contributed by atoms with Crippen LogP contribution in [0.5, 0.6) is 11.5 Å². The molecule has 214 valence electrons. The molecule has 1 aliphatic heterocycles. The first-order valence-electron chi connectivity index (χ1n) is 13.7. The van der Waals surface area contributed by atoms with Gasteiger partial charge in [-0.2, -0.15) is 0 Å². The molecule has 1 heterocycles. The van der Waals surface area contributed by atoms with Crippen LogP contribution in [0.3, 0.4) is 0 Å². The number of rotatable bonds is 8. The minimum atomic E-state index is -1.04. The Hall–Kier alpha value is -2.74. The van der Waals surface area contributed by atoms with Gasteiger partial charge >= 0.3 is 11.9 Å². The number of aryl methyl sites for hydroxylation is 4. The third-order valence-electron chi connectivity index (χ3n) is 7.90. The molecule has 7 heteroatoms. The maximum atomic E-state index is 13.3. The van der Waals surface area contributed by atoms with Crippen LogP contribution in [0.2, 0.25) is 0 Å². The van der Waals surface area contributed by atoms with E-state index in [0.29, 0.717) is 11.5 Å². The summed E-state index contributed by atoms with van der Waals surface area (Å²) in [5.74, 6) is -2.95. The summed E-state index contributed by atoms with van der Waals surface area (Å²) in [6.45, 7) is 18.4. The molecule has 7 nitrogen and oxygen atoms in total. The zero-order valence-electron chi connectivity index (χ0n) is 24.9. The maximum absolute atomic E-state index is 13.3. The minimum absolute atomic E-state index is 0.273. The lowest BCUT2D eigenvalue weighted by molar-refractivity contribution is -0.336. The van der Waals surface area contributed by atoms with Crippen molar-refractivity contribution < 1.29 is 33.6 Å². The molecule has 1 fully saturated rings. The largest absolute Gasteiger partial charge is 0.426 e. The maximum Gasteiger partial charge on any atom is 0.316 e. The Morgan fingerprint density at radius 3 is 1.67 bits per heavy atom. The average molecular weight is 541 g/mol. The number of hydrogen-bond acceptors (Lipinski definition) is 7. The predicted molar refractivity (Wildman–Crippen MR) is 150 cm³/mol. The van der Waals surface area contributed by atoms with Crippen molar-refractivity contribution in [2.45, 2.75) is 93.3 Å². The van der Waals surface area contributed by atoms with Gasteiger partial charge in [0.2, 0.25) is 0 Å². The third-order valence-corrected chi connectivity index (χ3v) is 7.90. The number of carbonyl (C=O) groups is 2. The van der Waals surface area contributed by atoms with Crippen molar-refractivity contribution in [1.29, 1.82) is 0 Å². The van der Waals surface area contributed by atoms with E-state index in [9.17, 15) is 14.7 Å². The van der Waals surface area contributed by atoms with Gasteiger partial charge in [0.25, 0.3) is 0 Å². The molecule has 1 saturated heterocycles. The first kappa shape index (κ1) is 30.8. The smallest absolute Gasteiger partial charge is 0.316 e. The Bertz CT molecular complexity index is 1140. The Kier molecular flexibility index (Phi) is 9.63. The summed E-state index contributed by atoms with van der Waals surface area (Å²) in [5.41, 5.74) is 3.47. The second-order valence-electron chi connectivity index (χ2n) is 11.6. The first-order valence-corrected chi connectivity index (χ1v) is 13.7. The summed E-state index contributed by atoms with van der Waals surface area (Å²) < 4.78 is 24.1. The number of esters is 2. The molecule has 0 unspecified atom stereocenters. The minimum Gasteiger partial charge on any atom is -0.426 e. The van der Waals surface area contributed by atoms with Crippen molar-refractivity contribution in [3.8, 4) is 11.5 Å². The predicted octanol–water partition coefficient (Wildman–Crippen LogP) is 5.86. The second kappa shape index (κ2) is 12.2. The van der Waals surface area contributed by atoms with Crippen LogP contribution in [-0.2, 0) is 19.1 Å². The van der Waals surface area contributed by atoms with Crippen LogP contribution in [0.4, 0.5) is 0 Å². The molecular formula is C32H44O7. The molecule has 0 bridgehead atoms. The molecule has 0 amide bonds. The molecule has 7 atom stereocenters. The van der Waals surface area contributed by atoms with Gasteiger partial charge in [-0.1, -0.05) is 50.2 Å². The molecule has 0 spiro atoms. The standard InChI is InChI=1S/C32H44O7/c1-17-13-11-14-18(2)26(17)36-30(34)22(6)25(33)21(5)28-23(7)29(39-32(9,10)38-28)24(8)31(35)37-27-19(3)15-12-16-20(27)4/h11-16,21-25,28-29,33H,1-10H3/t21-,22-,23-,24+,25-,28+,29+/m1/s1. The Morgan fingerprint density at radius 2 is 1.21 bits per heavy atom. The van der Waals surface area contributed by atoms with Crippen LogP contribution in [0, 0.1) is 51.4 Å². The van der Waals surface area contributed by atoms with Crippen LogP contribution in [-0.4, -0.2) is 41.1 Å². The van der Waals surface area contributed by atoms with Gasteiger partial charge in [-0.05, 0) is 77.6 Å². The number of ether oxygens (including phenoxy) is 4. The summed E-state index contributed by atoms with van der Waals surface area (Å²) in [7, 11) is 0. The lowest BCUT2D eigenvalue weighted by Crippen LogP contribution is -2.57. The molecule has 1 aliphatic rings. The normalized spacial score (nSPS) is 23.8. The molecule has 3 rings (SSSR count). The highest BCUT2D eigenvalue weighted by molar-refractivity contribution is 5.77. The number of carbonyl (C=O) groups excluding carboxylic acids is 2. The molecule has 0 saturated carbocycles. The zero-order chi connectivity index (χ0) is 29.2. The Morgan fingerprint density at radius 1 is 0.795 bits per heavy atom. The summed E-state index contributed by atoms with van der Waals surface area (Å²) in [6.07, 6.45) is -2.05. The summed E-state index contributed by atoms with van der Waals surface area (Å²) in [6, 6.07) is 11.4. The SMILES string of the molecule is Cc1cccc(C)c1OC(=O)[C@@H](C)[C@H]1OC(C)(C)O[C@@H]([C@H](C)[C@@H](O)[C@@H](C)C(=O)Oc2c(C)cccc2C)[C@H]1C. The van der Waals surface area contributed by atoms with E-state index < -0.39 is 47.8 Å². The number of para-hydroxylation sites is 2. The monoisotopic (exact) mass is 540 g/mol. The van der Waals surface area contributed by atoms with Gasteiger partial charge in [-0.25, -0.2) is 0 Å². The molecule has 2 aromatic rings. The van der Waals surface area contributed by atoms with E-state index in [0.717, 1.165) is 22.3 Å². The van der Waals surface area contributed by atoms with Crippen molar-refractivity contribution in [3.05, 3.63) is 58.7 Å². The van der Waals surface area contributed by atoms with E-state index in [-0.39, 0.29) is 11.9 Å². The highest BCUT2D eigenvalue weighted by atomic mass is 16.7. The van der Waals surface area contributed by atoms with Crippen LogP contribution in [0.1, 0.15) is 63.8 Å². The van der Waals surface area contributed by atoms with Crippen LogP contribution < -0.4 is 9.47 Å². The van der Waals surface area contributed by atoms with Crippen molar-refractivity contribution in [1.82, 2.24) is 0 Å². The fraction of sp³-hybridized carbons (Fsp3) is 0.562. The van der Waals surface area contributed by atoms with Gasteiger partial charge in [-0.3, -0.25) is 9.59 Å². The number of aliphatic hydroxyl groups is 1. The van der Waals surface area contributed by atoms with E-state index in [2.05, 4.69) is 0 Å². The Labute approximate surface area is 232 Å². The van der Waals surface area contributed by atoms with Crippen molar-refractivity contribution in [2.24, 2.45) is 23.7 Å². The van der Waals surface area contributed by atoms with Crippen LogP contribution in [0.15, 0.2) is 36.4 Å². The van der Waals surface area contributed by atoms with E-state index >= 15 is 0 Å². The molecular weight excluding hydrogens is 496 g/mol. The van der Waals surface area contributed by atoms with E-state index in [1.165, 1.54) is 0 Å². The second-order valence-corrected chi connectivity index (χ2v) is 11.6. The van der Waals surface area contributed by atoms with Gasteiger partial charge in [0.05, 0.1) is 30.1 Å². The van der Waals surface area contributed by atoms with Gasteiger partial charge in [0, 0.05) is 11.8 Å². The molecule has 39 heavy (non-hydrogen) atoms. The number of hydrogen-bond donors (Lipinski definition) is 1. The van der Waals surface area contributed by atoms with Crippen LogP contribution in [0.25, 0.3) is 0 Å². The third kappa shape index (κ3) is 6.89. The van der Waals surface area contributed by atoms with Crippen molar-refractivity contribution in [2.75, 3.05) is 0 Å². The highest BCUT2D eigenvalue weighted by Gasteiger charge is 2.49. The van der Waals surface area contributed by atoms with Crippen LogP contribution >= 0.6 is 0 Å². The highest BCUT2D eigenvalue weighted by Crippen LogP contribution is 2.40. The Balaban J connectivity index is 1.76. The van der Waals surface area contributed by atoms with E-state index in [1.807, 2.05) is 77.9 Å². The summed E-state index contributed by atoms with van der Waals surface area (Å²) in [5, 5.41) is 11.3. The number of aliphatic hydroxyl groups excluding tert-OH is 1. The first-order chi connectivity index (χ1) is 18.1. The molecule has 1 N–H and O–H groups in total. The molecule has 0 aromatic heterocycles. The lowest BCUT2D eigenvalue weighted by atomic mass is 9.78. The van der Waals surface area contributed by atoms with Crippen molar-refractivity contribution in [3.63, 3.8) is 0 Å². The van der Waals surface area contributed by atoms with Gasteiger partial charge < -0.3 is 24.1 Å². The topological polar surface area (TPSA) is 91.3 Å². The summed E-state index contributed by atoms with van der Waals surface area (Å²) in [4.78, 5) is 26.3. The fourth-order valence-electron chi connectivity index (χ4n) is 5.46. The van der Waals surface area contributed by atoms with E-state index in [4.69, 9.17) is 18.9 Å². The molecule has 0 aliphatic carbocycles. The van der Waals surface area contributed by atoms with Gasteiger partial charge in [0.1, 0.15) is 11.5 Å². The van der Waals surface area contributed by atoms with Gasteiger partial charge in [0.15, 0.2) is 5.79 Å². The van der Waals surface area contributed by atoms with E-state index in [1.54, 1.807) is 27.7 Å². The fourth-order valence-corrected chi connectivity index (χ4v) is 5.46. The van der Waals surface area contributed by atoms with Gasteiger partial charge in [-0.15, -0.1) is 0 Å².